The number of carbonyl (C=O) groups excluding carboxylic acids is 2. The van der Waals surface area contributed by atoms with Gasteiger partial charge in [0.2, 0.25) is 0 Å². The molecule has 1 heterocycles. The van der Waals surface area contributed by atoms with E-state index in [1.165, 1.54) is 0 Å². The molecule has 0 bridgehead atoms. The first-order valence-corrected chi connectivity index (χ1v) is 6.58. The molecule has 0 radical (unpaired) electrons. The van der Waals surface area contributed by atoms with Gasteiger partial charge < -0.3 is 4.57 Å². The Bertz CT molecular complexity index is 464. The van der Waals surface area contributed by atoms with E-state index >= 15 is 0 Å². The first-order valence-electron chi connectivity index (χ1n) is 6.58. The van der Waals surface area contributed by atoms with Crippen molar-refractivity contribution in [3.05, 3.63) is 18.2 Å². The first-order chi connectivity index (χ1) is 8.54. The summed E-state index contributed by atoms with van der Waals surface area (Å²) >= 11 is 0. The van der Waals surface area contributed by atoms with Crippen molar-refractivity contribution in [3.8, 4) is 0 Å². The summed E-state index contributed by atoms with van der Waals surface area (Å²) in [6.45, 7) is 3.71. The molecule has 0 saturated heterocycles. The molecule has 4 nitrogen and oxygen atoms in total. The second-order valence-electron chi connectivity index (χ2n) is 5.25. The number of carbonyl (C=O) groups is 2. The second kappa shape index (κ2) is 5.04. The van der Waals surface area contributed by atoms with Crippen molar-refractivity contribution in [2.75, 3.05) is 0 Å². The molecule has 1 saturated carbocycles. The van der Waals surface area contributed by atoms with Crippen molar-refractivity contribution in [1.82, 2.24) is 9.55 Å². The highest BCUT2D eigenvalue weighted by Gasteiger charge is 2.47. The largest absolute Gasteiger partial charge is 0.340 e. The second-order valence-corrected chi connectivity index (χ2v) is 5.25. The molecule has 3 unspecified atom stereocenters. The molecule has 1 aromatic rings. The fourth-order valence-electron chi connectivity index (χ4n) is 2.40. The number of hydrogen-bond acceptors (Lipinski definition) is 3. The van der Waals surface area contributed by atoms with E-state index in [2.05, 4.69) is 4.98 Å². The summed E-state index contributed by atoms with van der Waals surface area (Å²) in [6.07, 6.45) is 5.87. The zero-order valence-electron chi connectivity index (χ0n) is 11.2. The van der Waals surface area contributed by atoms with E-state index < -0.39 is 5.92 Å². The predicted molar refractivity (Wildman–Crippen MR) is 68.1 cm³/mol. The standard InChI is InChI=1S/C14H20N2O2/c1-4-5-13(17)9(2)14(18)11-6-10(11)12-7-16(3)8-15-12/h7-11H,4-6H2,1-3H3. The summed E-state index contributed by atoms with van der Waals surface area (Å²) in [4.78, 5) is 28.2. The van der Waals surface area contributed by atoms with Crippen LogP contribution in [0.25, 0.3) is 0 Å². The van der Waals surface area contributed by atoms with Crippen LogP contribution < -0.4 is 0 Å². The van der Waals surface area contributed by atoms with E-state index in [0.29, 0.717) is 6.42 Å². The van der Waals surface area contributed by atoms with Crippen LogP contribution in [0.3, 0.4) is 0 Å². The van der Waals surface area contributed by atoms with Crippen molar-refractivity contribution >= 4 is 11.6 Å². The SMILES string of the molecule is CCCC(=O)C(C)C(=O)C1CC1c1cn(C)cn1. The summed E-state index contributed by atoms with van der Waals surface area (Å²) in [6, 6.07) is 0. The van der Waals surface area contributed by atoms with E-state index in [-0.39, 0.29) is 23.4 Å². The summed E-state index contributed by atoms with van der Waals surface area (Å²) in [5.74, 6) is -0.0202. The van der Waals surface area contributed by atoms with Crippen LogP contribution in [0, 0.1) is 11.8 Å². The molecule has 98 valence electrons. The molecular weight excluding hydrogens is 228 g/mol. The quantitative estimate of drug-likeness (QED) is 0.724. The molecule has 0 N–H and O–H groups in total. The third-order valence-corrected chi connectivity index (χ3v) is 3.67. The number of hydrogen-bond donors (Lipinski definition) is 0. The Hall–Kier alpha value is -1.45. The van der Waals surface area contributed by atoms with E-state index in [1.807, 2.05) is 24.7 Å². The molecule has 1 aromatic heterocycles. The van der Waals surface area contributed by atoms with Crippen molar-refractivity contribution in [3.63, 3.8) is 0 Å². The normalized spacial score (nSPS) is 23.7. The summed E-state index contributed by atoms with van der Waals surface area (Å²) in [5.41, 5.74) is 0.978. The van der Waals surface area contributed by atoms with Gasteiger partial charge in [0.1, 0.15) is 11.6 Å². The summed E-state index contributed by atoms with van der Waals surface area (Å²) in [7, 11) is 1.92. The molecule has 0 amide bonds. The minimum Gasteiger partial charge on any atom is -0.340 e. The molecule has 2 rings (SSSR count). The molecule has 3 atom stereocenters. The fraction of sp³-hybridized carbons (Fsp3) is 0.643. The van der Waals surface area contributed by atoms with Gasteiger partial charge in [-0.15, -0.1) is 0 Å². The third-order valence-electron chi connectivity index (χ3n) is 3.67. The van der Waals surface area contributed by atoms with E-state index in [0.717, 1.165) is 18.5 Å². The number of imidazole rings is 1. The van der Waals surface area contributed by atoms with Crippen molar-refractivity contribution in [2.24, 2.45) is 18.9 Å². The third kappa shape index (κ3) is 2.52. The number of ketones is 2. The Kier molecular flexibility index (Phi) is 3.64. The number of rotatable bonds is 6. The summed E-state index contributed by atoms with van der Waals surface area (Å²) in [5, 5.41) is 0. The van der Waals surface area contributed by atoms with Crippen LogP contribution in [0.5, 0.6) is 0 Å². The van der Waals surface area contributed by atoms with Gasteiger partial charge >= 0.3 is 0 Å². The highest BCUT2D eigenvalue weighted by molar-refractivity contribution is 6.04. The lowest BCUT2D eigenvalue weighted by Gasteiger charge is -2.08. The maximum Gasteiger partial charge on any atom is 0.146 e. The maximum atomic E-state index is 12.2. The lowest BCUT2D eigenvalue weighted by molar-refractivity contribution is -0.132. The van der Waals surface area contributed by atoms with Crippen LogP contribution in [0.1, 0.15) is 44.7 Å². The van der Waals surface area contributed by atoms with Crippen LogP contribution in [-0.4, -0.2) is 21.1 Å². The summed E-state index contributed by atoms with van der Waals surface area (Å²) < 4.78 is 1.89. The average Bonchev–Trinajstić information content (AvgIpc) is 3.03. The molecular formula is C14H20N2O2. The molecule has 18 heavy (non-hydrogen) atoms. The zero-order valence-corrected chi connectivity index (χ0v) is 11.2. The van der Waals surface area contributed by atoms with Gasteiger partial charge in [0.05, 0.1) is 17.9 Å². The molecule has 1 aliphatic carbocycles. The van der Waals surface area contributed by atoms with Gasteiger partial charge in [-0.2, -0.15) is 0 Å². The number of aryl methyl sites for hydroxylation is 1. The van der Waals surface area contributed by atoms with Crippen LogP contribution >= 0.6 is 0 Å². The number of nitrogens with zero attached hydrogens (tertiary/aromatic N) is 2. The zero-order chi connectivity index (χ0) is 13.3. The van der Waals surface area contributed by atoms with Crippen LogP contribution in [0.15, 0.2) is 12.5 Å². The Morgan fingerprint density at radius 3 is 2.83 bits per heavy atom. The van der Waals surface area contributed by atoms with Gasteiger partial charge in [-0.3, -0.25) is 9.59 Å². The molecule has 1 fully saturated rings. The average molecular weight is 248 g/mol. The Labute approximate surface area is 107 Å². The molecule has 1 aliphatic rings. The van der Waals surface area contributed by atoms with Gasteiger partial charge in [-0.05, 0) is 19.8 Å². The lowest BCUT2D eigenvalue weighted by Crippen LogP contribution is -2.22. The highest BCUT2D eigenvalue weighted by atomic mass is 16.2. The van der Waals surface area contributed by atoms with Crippen LogP contribution in [0.2, 0.25) is 0 Å². The van der Waals surface area contributed by atoms with Gasteiger partial charge in [0.25, 0.3) is 0 Å². The maximum absolute atomic E-state index is 12.2. The van der Waals surface area contributed by atoms with Gasteiger partial charge in [0, 0.05) is 31.5 Å². The van der Waals surface area contributed by atoms with Crippen LogP contribution in [0.4, 0.5) is 0 Å². The van der Waals surface area contributed by atoms with E-state index in [4.69, 9.17) is 0 Å². The predicted octanol–water partition coefficient (Wildman–Crippen LogP) is 2.10. The Morgan fingerprint density at radius 1 is 1.56 bits per heavy atom. The Balaban J connectivity index is 1.95. The molecule has 0 aromatic carbocycles. The lowest BCUT2D eigenvalue weighted by atomic mass is 9.94. The molecule has 0 spiro atoms. The minimum absolute atomic E-state index is 0.00991. The van der Waals surface area contributed by atoms with Crippen LogP contribution in [-0.2, 0) is 16.6 Å². The topological polar surface area (TPSA) is 52.0 Å². The van der Waals surface area contributed by atoms with Crippen molar-refractivity contribution in [2.45, 2.75) is 39.0 Å². The minimum atomic E-state index is -0.441. The Morgan fingerprint density at radius 2 is 2.28 bits per heavy atom. The fourth-order valence-corrected chi connectivity index (χ4v) is 2.40. The van der Waals surface area contributed by atoms with Gasteiger partial charge in [0.15, 0.2) is 0 Å². The van der Waals surface area contributed by atoms with E-state index in [9.17, 15) is 9.59 Å². The van der Waals surface area contributed by atoms with Crippen molar-refractivity contribution in [1.29, 1.82) is 0 Å². The monoisotopic (exact) mass is 248 g/mol. The highest BCUT2D eigenvalue weighted by Crippen LogP contribution is 2.48. The molecule has 0 aliphatic heterocycles. The van der Waals surface area contributed by atoms with E-state index in [1.54, 1.807) is 13.3 Å². The smallest absolute Gasteiger partial charge is 0.146 e. The van der Waals surface area contributed by atoms with Gasteiger partial charge in [-0.1, -0.05) is 6.92 Å². The number of Topliss-reactive ketones (excluding diaryl/α,β-unsaturated/α-hetero) is 2. The van der Waals surface area contributed by atoms with Gasteiger partial charge in [-0.25, -0.2) is 4.98 Å². The van der Waals surface area contributed by atoms with Crippen molar-refractivity contribution < 1.29 is 9.59 Å². The first kappa shape index (κ1) is 13.0. The number of aromatic nitrogens is 2. The molecule has 4 heteroatoms.